The van der Waals surface area contributed by atoms with Gasteiger partial charge in [-0.1, -0.05) is 0 Å². The minimum absolute atomic E-state index is 0.196. The van der Waals surface area contributed by atoms with Gasteiger partial charge in [0.1, 0.15) is 10.5 Å². The number of thiophene rings is 1. The molecule has 0 bridgehead atoms. The number of carbonyl (C=O) groups is 1. The number of carboxylic acids is 1. The van der Waals surface area contributed by atoms with Crippen molar-refractivity contribution in [2.75, 3.05) is 18.0 Å². The Hall–Kier alpha value is -2.60. The summed E-state index contributed by atoms with van der Waals surface area (Å²) in [4.78, 5) is 26.3. The Kier molecular flexibility index (Phi) is 4.40. The molecule has 0 radical (unpaired) electrons. The van der Waals surface area contributed by atoms with E-state index in [0.717, 1.165) is 35.5 Å². The molecule has 124 valence electrons. The topological polar surface area (TPSA) is 70.8 Å². The number of benzene rings is 1. The molecule has 3 aromatic rings. The van der Waals surface area contributed by atoms with Crippen molar-refractivity contribution >= 4 is 34.0 Å². The van der Waals surface area contributed by atoms with Gasteiger partial charge in [-0.25, -0.2) is 9.59 Å². The number of anilines is 1. The van der Waals surface area contributed by atoms with Crippen LogP contribution < -0.4 is 10.5 Å². The maximum Gasteiger partial charge on any atom is 0.345 e. The van der Waals surface area contributed by atoms with Crippen molar-refractivity contribution in [3.63, 3.8) is 0 Å². The first kappa shape index (κ1) is 16.3. The van der Waals surface area contributed by atoms with Crippen LogP contribution in [0.2, 0.25) is 0 Å². The van der Waals surface area contributed by atoms with Crippen molar-refractivity contribution in [3.8, 4) is 10.4 Å². The Balaban J connectivity index is 2.08. The second kappa shape index (κ2) is 6.49. The van der Waals surface area contributed by atoms with Gasteiger partial charge < -0.3 is 14.4 Å². The summed E-state index contributed by atoms with van der Waals surface area (Å²) in [5.41, 5.74) is 1.46. The molecule has 0 spiro atoms. The van der Waals surface area contributed by atoms with Crippen molar-refractivity contribution in [3.05, 3.63) is 51.7 Å². The van der Waals surface area contributed by atoms with Crippen LogP contribution in [0.15, 0.2) is 45.6 Å². The predicted octanol–water partition coefficient (Wildman–Crippen LogP) is 4.07. The SMILES string of the molecule is CCN(CC)c1ccc2cc(-c3ccc(C(=O)O)s3)c(=O)oc2c1. The number of fused-ring (bicyclic) bond motifs is 1. The van der Waals surface area contributed by atoms with Crippen LogP contribution in [0.25, 0.3) is 21.4 Å². The summed E-state index contributed by atoms with van der Waals surface area (Å²) in [5, 5.41) is 9.83. The molecule has 1 N–H and O–H groups in total. The standard InChI is InChI=1S/C18H17NO4S/c1-3-19(4-2)12-6-5-11-9-13(18(22)23-14(11)10-12)15-7-8-16(24-15)17(20)21/h5-10H,3-4H2,1-2H3,(H,20,21). The monoisotopic (exact) mass is 343 g/mol. The molecule has 3 rings (SSSR count). The van der Waals surface area contributed by atoms with Crippen molar-refractivity contribution in [1.29, 1.82) is 0 Å². The molecule has 0 aliphatic carbocycles. The van der Waals surface area contributed by atoms with Gasteiger partial charge in [0.25, 0.3) is 0 Å². The molecule has 0 atom stereocenters. The highest BCUT2D eigenvalue weighted by atomic mass is 32.1. The second-order valence-electron chi connectivity index (χ2n) is 5.31. The summed E-state index contributed by atoms with van der Waals surface area (Å²) in [6.45, 7) is 5.89. The Labute approximate surface area is 142 Å². The fourth-order valence-electron chi connectivity index (χ4n) is 2.65. The highest BCUT2D eigenvalue weighted by Gasteiger charge is 2.14. The van der Waals surface area contributed by atoms with E-state index in [0.29, 0.717) is 16.0 Å². The molecular formula is C18H17NO4S. The van der Waals surface area contributed by atoms with Crippen molar-refractivity contribution < 1.29 is 14.3 Å². The van der Waals surface area contributed by atoms with Crippen LogP contribution in [-0.4, -0.2) is 24.2 Å². The summed E-state index contributed by atoms with van der Waals surface area (Å²) in [6.07, 6.45) is 0. The van der Waals surface area contributed by atoms with E-state index in [2.05, 4.69) is 18.7 Å². The van der Waals surface area contributed by atoms with Gasteiger partial charge in [-0.05, 0) is 44.2 Å². The average Bonchev–Trinajstić information content (AvgIpc) is 3.05. The van der Waals surface area contributed by atoms with Gasteiger partial charge in [0.15, 0.2) is 0 Å². The van der Waals surface area contributed by atoms with Gasteiger partial charge in [0.2, 0.25) is 0 Å². The highest BCUT2D eigenvalue weighted by molar-refractivity contribution is 7.17. The van der Waals surface area contributed by atoms with Crippen LogP contribution in [-0.2, 0) is 0 Å². The first-order chi connectivity index (χ1) is 11.5. The van der Waals surface area contributed by atoms with E-state index in [1.165, 1.54) is 6.07 Å². The lowest BCUT2D eigenvalue weighted by Gasteiger charge is -2.20. The van der Waals surface area contributed by atoms with Crippen LogP contribution in [0.5, 0.6) is 0 Å². The zero-order chi connectivity index (χ0) is 17.3. The fourth-order valence-corrected chi connectivity index (χ4v) is 3.50. The van der Waals surface area contributed by atoms with E-state index in [4.69, 9.17) is 9.52 Å². The summed E-state index contributed by atoms with van der Waals surface area (Å²) in [5.74, 6) is -1.000. The van der Waals surface area contributed by atoms with Gasteiger partial charge in [-0.15, -0.1) is 11.3 Å². The van der Waals surface area contributed by atoms with Gasteiger partial charge in [-0.3, -0.25) is 0 Å². The number of carboxylic acid groups (broad SMARTS) is 1. The molecule has 2 heterocycles. The normalized spacial score (nSPS) is 10.9. The van der Waals surface area contributed by atoms with E-state index in [9.17, 15) is 9.59 Å². The summed E-state index contributed by atoms with van der Waals surface area (Å²) >= 11 is 1.06. The number of hydrogen-bond donors (Lipinski definition) is 1. The molecule has 2 aromatic heterocycles. The maximum atomic E-state index is 12.3. The van der Waals surface area contributed by atoms with Crippen LogP contribution in [0.4, 0.5) is 5.69 Å². The molecule has 0 fully saturated rings. The van der Waals surface area contributed by atoms with Crippen molar-refractivity contribution in [1.82, 2.24) is 0 Å². The van der Waals surface area contributed by atoms with Crippen LogP contribution >= 0.6 is 11.3 Å². The van der Waals surface area contributed by atoms with E-state index in [-0.39, 0.29) is 4.88 Å². The maximum absolute atomic E-state index is 12.3. The third-order valence-corrected chi connectivity index (χ3v) is 5.04. The minimum atomic E-state index is -1.000. The van der Waals surface area contributed by atoms with Crippen LogP contribution in [0.1, 0.15) is 23.5 Å². The lowest BCUT2D eigenvalue weighted by atomic mass is 10.1. The Bertz CT molecular complexity index is 953. The smallest absolute Gasteiger partial charge is 0.345 e. The molecule has 5 nitrogen and oxygen atoms in total. The zero-order valence-electron chi connectivity index (χ0n) is 13.4. The Morgan fingerprint density at radius 3 is 2.54 bits per heavy atom. The quantitative estimate of drug-likeness (QED) is 0.707. The first-order valence-electron chi connectivity index (χ1n) is 7.69. The number of rotatable bonds is 5. The minimum Gasteiger partial charge on any atom is -0.477 e. The molecule has 0 amide bonds. The lowest BCUT2D eigenvalue weighted by molar-refractivity contribution is 0.0702. The molecule has 0 aliphatic rings. The van der Waals surface area contributed by atoms with Crippen LogP contribution in [0, 0.1) is 0 Å². The third kappa shape index (κ3) is 2.92. The molecule has 0 saturated carbocycles. The Morgan fingerprint density at radius 1 is 1.17 bits per heavy atom. The van der Waals surface area contributed by atoms with Gasteiger partial charge in [0.05, 0.1) is 5.56 Å². The average molecular weight is 343 g/mol. The Morgan fingerprint density at radius 2 is 1.92 bits per heavy atom. The zero-order valence-corrected chi connectivity index (χ0v) is 14.2. The molecular weight excluding hydrogens is 326 g/mol. The van der Waals surface area contributed by atoms with E-state index < -0.39 is 11.6 Å². The lowest BCUT2D eigenvalue weighted by Crippen LogP contribution is -2.21. The second-order valence-corrected chi connectivity index (χ2v) is 6.39. The fraction of sp³-hybridized carbons (Fsp3) is 0.222. The number of hydrogen-bond acceptors (Lipinski definition) is 5. The number of aromatic carboxylic acids is 1. The van der Waals surface area contributed by atoms with Crippen molar-refractivity contribution in [2.45, 2.75) is 13.8 Å². The van der Waals surface area contributed by atoms with Crippen LogP contribution in [0.3, 0.4) is 0 Å². The summed E-state index contributed by atoms with van der Waals surface area (Å²) < 4.78 is 5.47. The summed E-state index contributed by atoms with van der Waals surface area (Å²) in [7, 11) is 0. The first-order valence-corrected chi connectivity index (χ1v) is 8.51. The number of nitrogens with zero attached hydrogens (tertiary/aromatic N) is 1. The summed E-state index contributed by atoms with van der Waals surface area (Å²) in [6, 6.07) is 10.7. The molecule has 6 heteroatoms. The largest absolute Gasteiger partial charge is 0.477 e. The van der Waals surface area contributed by atoms with E-state index >= 15 is 0 Å². The van der Waals surface area contributed by atoms with Gasteiger partial charge in [0, 0.05) is 35.1 Å². The van der Waals surface area contributed by atoms with Gasteiger partial charge >= 0.3 is 11.6 Å². The van der Waals surface area contributed by atoms with E-state index in [1.54, 1.807) is 12.1 Å². The highest BCUT2D eigenvalue weighted by Crippen LogP contribution is 2.29. The van der Waals surface area contributed by atoms with E-state index in [1.807, 2.05) is 18.2 Å². The molecule has 1 aromatic carbocycles. The predicted molar refractivity (Wildman–Crippen MR) is 96.3 cm³/mol. The third-order valence-electron chi connectivity index (χ3n) is 3.93. The van der Waals surface area contributed by atoms with Gasteiger partial charge in [-0.2, -0.15) is 0 Å². The molecule has 0 aliphatic heterocycles. The molecule has 0 unspecified atom stereocenters. The molecule has 0 saturated heterocycles. The van der Waals surface area contributed by atoms with Crippen molar-refractivity contribution in [2.24, 2.45) is 0 Å². The molecule has 24 heavy (non-hydrogen) atoms.